The number of piperazine rings is 1. The van der Waals surface area contributed by atoms with Gasteiger partial charge in [-0.15, -0.1) is 11.3 Å². The predicted molar refractivity (Wildman–Crippen MR) is 150 cm³/mol. The highest BCUT2D eigenvalue weighted by Crippen LogP contribution is 2.23. The first-order valence-corrected chi connectivity index (χ1v) is 12.8. The van der Waals surface area contributed by atoms with Crippen LogP contribution in [0.5, 0.6) is 0 Å². The summed E-state index contributed by atoms with van der Waals surface area (Å²) in [5.41, 5.74) is 8.85. The third kappa shape index (κ3) is 11.9. The second-order valence-electron chi connectivity index (χ2n) is 8.22. The number of benzene rings is 2. The summed E-state index contributed by atoms with van der Waals surface area (Å²) in [6.45, 7) is 4.05. The second kappa shape index (κ2) is 16.4. The Labute approximate surface area is 233 Å². The number of carboxylic acid groups (broad SMARTS) is 4. The van der Waals surface area contributed by atoms with Gasteiger partial charge in [-0.25, -0.2) is 24.2 Å². The first-order chi connectivity index (χ1) is 19.0. The molecule has 40 heavy (non-hydrogen) atoms. The lowest BCUT2D eigenvalue weighted by Gasteiger charge is -2.38. The number of hydrogen-bond donors (Lipinski definition) is 5. The van der Waals surface area contributed by atoms with Crippen molar-refractivity contribution in [3.63, 3.8) is 0 Å². The number of rotatable bonds is 8. The normalized spacial score (nSPS) is 14.2. The van der Waals surface area contributed by atoms with Gasteiger partial charge in [0.15, 0.2) is 0 Å². The minimum absolute atomic E-state index is 0.0449. The van der Waals surface area contributed by atoms with Crippen molar-refractivity contribution in [2.75, 3.05) is 31.1 Å². The topological polar surface area (TPSA) is 195 Å². The highest BCUT2D eigenvalue weighted by molar-refractivity contribution is 7.18. The Hall–Kier alpha value is -4.59. The van der Waals surface area contributed by atoms with Crippen molar-refractivity contribution >= 4 is 51.1 Å². The molecule has 1 saturated heterocycles. The first kappa shape index (κ1) is 31.6. The molecule has 1 aliphatic rings. The average molecular weight is 571 g/mol. The first-order valence-electron chi connectivity index (χ1n) is 12.0. The maximum absolute atomic E-state index is 9.55. The Balaban J connectivity index is 0.000000290. The number of hydrogen-bond acceptors (Lipinski definition) is 9. The van der Waals surface area contributed by atoms with Gasteiger partial charge in [0.25, 0.3) is 0 Å². The Morgan fingerprint density at radius 3 is 1.73 bits per heavy atom. The highest BCUT2D eigenvalue weighted by Gasteiger charge is 2.22. The standard InChI is InChI=1S/C19H22N4S.2C4H4O4/c20-18(14-19-21-16-8-4-5-9-17(16)24-19)23-12-10-22(11-13-23)15-6-2-1-3-7-15;2*5-3(6)1-2-4(7)8/h1-9,18H,10-14,20H2;2*1-2H,(H,5,6)(H,7,8). The SMILES string of the molecule is NC(Cc1nc2ccccc2s1)N1CCN(c2ccccc2)CC1.O=C(O)C=CC(=O)O.O=C(O)C=CC(=O)O. The third-order valence-corrected chi connectivity index (χ3v) is 6.42. The van der Waals surface area contributed by atoms with E-state index in [9.17, 15) is 19.2 Å². The Bertz CT molecular complexity index is 1240. The van der Waals surface area contributed by atoms with E-state index in [1.54, 1.807) is 11.3 Å². The lowest BCUT2D eigenvalue weighted by atomic mass is 10.2. The van der Waals surface area contributed by atoms with Crippen LogP contribution in [0.3, 0.4) is 0 Å². The van der Waals surface area contributed by atoms with Crippen LogP contribution in [0.4, 0.5) is 5.69 Å². The summed E-state index contributed by atoms with van der Waals surface area (Å²) in [6.07, 6.45) is 3.10. The number of anilines is 1. The molecule has 2 heterocycles. The van der Waals surface area contributed by atoms with Crippen molar-refractivity contribution < 1.29 is 39.6 Å². The number of thiazole rings is 1. The molecule has 12 nitrogen and oxygen atoms in total. The monoisotopic (exact) mass is 570 g/mol. The van der Waals surface area contributed by atoms with E-state index < -0.39 is 23.9 Å². The summed E-state index contributed by atoms with van der Waals surface area (Å²) in [4.78, 5) is 47.7. The van der Waals surface area contributed by atoms with Crippen LogP contribution in [-0.4, -0.2) is 86.5 Å². The van der Waals surface area contributed by atoms with Crippen LogP contribution in [0.1, 0.15) is 5.01 Å². The lowest BCUT2D eigenvalue weighted by molar-refractivity contribution is -0.134. The van der Waals surface area contributed by atoms with Gasteiger partial charge in [0.05, 0.1) is 21.4 Å². The Kier molecular flexibility index (Phi) is 13.0. The van der Waals surface area contributed by atoms with Crippen molar-refractivity contribution in [2.45, 2.75) is 12.6 Å². The van der Waals surface area contributed by atoms with Crippen molar-refractivity contribution in [1.82, 2.24) is 9.88 Å². The molecule has 13 heteroatoms. The fourth-order valence-electron chi connectivity index (χ4n) is 3.55. The van der Waals surface area contributed by atoms with Gasteiger partial charge >= 0.3 is 23.9 Å². The number of nitrogens with zero attached hydrogens (tertiary/aromatic N) is 3. The number of para-hydroxylation sites is 2. The molecule has 212 valence electrons. The zero-order chi connectivity index (χ0) is 29.5. The van der Waals surface area contributed by atoms with E-state index in [0.717, 1.165) is 43.1 Å². The number of nitrogens with two attached hydrogens (primary N) is 1. The van der Waals surface area contributed by atoms with Crippen LogP contribution in [0.2, 0.25) is 0 Å². The molecule has 3 aromatic rings. The molecule has 0 aliphatic carbocycles. The highest BCUT2D eigenvalue weighted by atomic mass is 32.1. The van der Waals surface area contributed by atoms with Crippen molar-refractivity contribution in [3.05, 3.63) is 83.9 Å². The molecule has 1 aliphatic heterocycles. The molecule has 4 rings (SSSR count). The number of carbonyl (C=O) groups is 4. The molecule has 1 fully saturated rings. The molecule has 1 aromatic heterocycles. The molecule has 2 aromatic carbocycles. The maximum Gasteiger partial charge on any atom is 0.328 e. The van der Waals surface area contributed by atoms with Gasteiger partial charge in [-0.3, -0.25) is 4.90 Å². The van der Waals surface area contributed by atoms with Gasteiger partial charge in [0.1, 0.15) is 0 Å². The summed E-state index contributed by atoms with van der Waals surface area (Å²) >= 11 is 1.76. The third-order valence-electron chi connectivity index (χ3n) is 5.36. The molecule has 0 bridgehead atoms. The number of carboxylic acids is 4. The number of fused-ring (bicyclic) bond motifs is 1. The summed E-state index contributed by atoms with van der Waals surface area (Å²) in [5.74, 6) is -5.03. The van der Waals surface area contributed by atoms with Crippen LogP contribution < -0.4 is 10.6 Å². The van der Waals surface area contributed by atoms with Crippen LogP contribution in [0.15, 0.2) is 78.9 Å². The van der Waals surface area contributed by atoms with E-state index >= 15 is 0 Å². The molecule has 0 saturated carbocycles. The zero-order valence-electron chi connectivity index (χ0n) is 21.4. The van der Waals surface area contributed by atoms with Gasteiger partial charge in [0.2, 0.25) is 0 Å². The fraction of sp³-hybridized carbons (Fsp3) is 0.222. The smallest absolute Gasteiger partial charge is 0.328 e. The summed E-state index contributed by atoms with van der Waals surface area (Å²) in [7, 11) is 0. The van der Waals surface area contributed by atoms with Gasteiger partial charge in [-0.2, -0.15) is 0 Å². The molecular formula is C27H30N4O8S. The lowest BCUT2D eigenvalue weighted by Crippen LogP contribution is -2.54. The fourth-order valence-corrected chi connectivity index (χ4v) is 4.57. The molecule has 6 N–H and O–H groups in total. The molecule has 0 spiro atoms. The van der Waals surface area contributed by atoms with Crippen LogP contribution in [0, 0.1) is 0 Å². The van der Waals surface area contributed by atoms with Crippen molar-refractivity contribution in [1.29, 1.82) is 0 Å². The Morgan fingerprint density at radius 2 is 1.25 bits per heavy atom. The van der Waals surface area contributed by atoms with E-state index in [1.807, 2.05) is 6.07 Å². The summed E-state index contributed by atoms with van der Waals surface area (Å²) in [5, 5.41) is 32.4. The van der Waals surface area contributed by atoms with E-state index in [1.165, 1.54) is 10.4 Å². The van der Waals surface area contributed by atoms with E-state index in [4.69, 9.17) is 31.1 Å². The van der Waals surface area contributed by atoms with E-state index in [2.05, 4.69) is 58.3 Å². The predicted octanol–water partition coefficient (Wildman–Crippen LogP) is 2.37. The van der Waals surface area contributed by atoms with Crippen LogP contribution >= 0.6 is 11.3 Å². The van der Waals surface area contributed by atoms with Crippen molar-refractivity contribution in [2.24, 2.45) is 5.73 Å². The van der Waals surface area contributed by atoms with Gasteiger partial charge in [-0.1, -0.05) is 30.3 Å². The second-order valence-corrected chi connectivity index (χ2v) is 9.34. The van der Waals surface area contributed by atoms with Gasteiger partial charge < -0.3 is 31.1 Å². The minimum atomic E-state index is -1.26. The van der Waals surface area contributed by atoms with Crippen LogP contribution in [0.25, 0.3) is 10.2 Å². The summed E-state index contributed by atoms with van der Waals surface area (Å²) in [6, 6.07) is 18.9. The molecule has 1 atom stereocenters. The van der Waals surface area contributed by atoms with E-state index in [-0.39, 0.29) is 6.17 Å². The van der Waals surface area contributed by atoms with Crippen LogP contribution in [-0.2, 0) is 25.6 Å². The van der Waals surface area contributed by atoms with E-state index in [0.29, 0.717) is 24.3 Å². The average Bonchev–Trinajstić information content (AvgIpc) is 3.34. The Morgan fingerprint density at radius 1 is 0.775 bits per heavy atom. The number of aromatic nitrogens is 1. The molecule has 0 radical (unpaired) electrons. The molecule has 0 amide bonds. The maximum atomic E-state index is 9.55. The van der Waals surface area contributed by atoms with Gasteiger partial charge in [-0.05, 0) is 24.3 Å². The molecular weight excluding hydrogens is 540 g/mol. The minimum Gasteiger partial charge on any atom is -0.478 e. The van der Waals surface area contributed by atoms with Gasteiger partial charge in [0, 0.05) is 62.6 Å². The molecule has 1 unspecified atom stereocenters. The van der Waals surface area contributed by atoms with Crippen molar-refractivity contribution in [3.8, 4) is 0 Å². The quantitative estimate of drug-likeness (QED) is 0.249. The number of aliphatic carboxylic acids is 4. The zero-order valence-corrected chi connectivity index (χ0v) is 22.2. The largest absolute Gasteiger partial charge is 0.478 e. The summed E-state index contributed by atoms with van der Waals surface area (Å²) < 4.78 is 1.24.